The summed E-state index contributed by atoms with van der Waals surface area (Å²) >= 11 is 6.03. The highest BCUT2D eigenvalue weighted by atomic mass is 35.5. The Morgan fingerprint density at radius 3 is 2.67 bits per heavy atom. The number of benzene rings is 3. The lowest BCUT2D eigenvalue weighted by Gasteiger charge is -2.13. The molecule has 4 aromatic rings. The van der Waals surface area contributed by atoms with Gasteiger partial charge in [-0.2, -0.15) is 0 Å². The third kappa shape index (κ3) is 4.15. The molecule has 0 fully saturated rings. The average molecular weight is 380 g/mol. The smallest absolute Gasteiger partial charge is 0.323 e. The lowest BCUT2D eigenvalue weighted by atomic mass is 10.2. The molecule has 0 aliphatic heterocycles. The van der Waals surface area contributed by atoms with Crippen molar-refractivity contribution in [2.75, 3.05) is 5.32 Å². The van der Waals surface area contributed by atoms with Crippen LogP contribution in [0.2, 0.25) is 5.02 Å². The first kappa shape index (κ1) is 17.2. The Morgan fingerprint density at radius 2 is 1.78 bits per heavy atom. The Bertz CT molecular complexity index is 1130. The Morgan fingerprint density at radius 1 is 0.926 bits per heavy atom. The van der Waals surface area contributed by atoms with Crippen LogP contribution in [0.3, 0.4) is 0 Å². The van der Waals surface area contributed by atoms with Gasteiger partial charge < -0.3 is 20.0 Å². The van der Waals surface area contributed by atoms with Gasteiger partial charge in [-0.25, -0.2) is 4.79 Å². The van der Waals surface area contributed by atoms with Crippen LogP contribution in [-0.4, -0.2) is 9.97 Å². The lowest BCUT2D eigenvalue weighted by molar-refractivity contribution is 0.303. The monoisotopic (exact) mass is 379 g/mol. The molecule has 6 heteroatoms. The molecule has 0 spiro atoms. The van der Waals surface area contributed by atoms with Crippen LogP contribution in [0.15, 0.2) is 71.5 Å². The van der Waals surface area contributed by atoms with Gasteiger partial charge in [0.2, 0.25) is 0 Å². The predicted molar refractivity (Wildman–Crippen MR) is 108 cm³/mol. The number of halogens is 1. The summed E-state index contributed by atoms with van der Waals surface area (Å²) in [6.07, 6.45) is 0. The molecule has 0 amide bonds. The van der Waals surface area contributed by atoms with Gasteiger partial charge in [-0.15, -0.1) is 0 Å². The summed E-state index contributed by atoms with van der Waals surface area (Å²) in [6.45, 7) is 1.06. The summed E-state index contributed by atoms with van der Waals surface area (Å²) in [7, 11) is 0. The largest absolute Gasteiger partial charge is 0.489 e. The van der Waals surface area contributed by atoms with Crippen LogP contribution < -0.4 is 15.7 Å². The van der Waals surface area contributed by atoms with Crippen LogP contribution in [0.4, 0.5) is 5.69 Å². The summed E-state index contributed by atoms with van der Waals surface area (Å²) in [4.78, 5) is 16.9. The topological polar surface area (TPSA) is 69.9 Å². The van der Waals surface area contributed by atoms with E-state index in [0.717, 1.165) is 33.6 Å². The molecule has 0 saturated carbocycles. The Hall–Kier alpha value is -3.18. The summed E-state index contributed by atoms with van der Waals surface area (Å²) < 4.78 is 5.99. The molecule has 0 bridgehead atoms. The predicted octanol–water partition coefficient (Wildman–Crippen LogP) is 4.70. The fraction of sp³-hybridized carbons (Fsp3) is 0.0952. The minimum Gasteiger partial charge on any atom is -0.489 e. The molecule has 5 nitrogen and oxygen atoms in total. The van der Waals surface area contributed by atoms with Crippen LogP contribution in [0, 0.1) is 0 Å². The quantitative estimate of drug-likeness (QED) is 0.454. The summed E-state index contributed by atoms with van der Waals surface area (Å²) in [6, 6.07) is 21.3. The first-order valence-electron chi connectivity index (χ1n) is 8.58. The molecule has 3 N–H and O–H groups in total. The third-order valence-corrected chi connectivity index (χ3v) is 4.49. The molecule has 0 radical (unpaired) electrons. The van der Waals surface area contributed by atoms with E-state index in [4.69, 9.17) is 16.3 Å². The van der Waals surface area contributed by atoms with E-state index in [1.165, 1.54) is 0 Å². The van der Waals surface area contributed by atoms with Gasteiger partial charge in [-0.1, -0.05) is 41.9 Å². The van der Waals surface area contributed by atoms with Gasteiger partial charge in [0.15, 0.2) is 0 Å². The maximum absolute atomic E-state index is 11.4. The van der Waals surface area contributed by atoms with Crippen LogP contribution in [0.25, 0.3) is 11.0 Å². The number of aromatic nitrogens is 2. The number of nitrogens with one attached hydrogen (secondary N) is 3. The van der Waals surface area contributed by atoms with Crippen LogP contribution in [-0.2, 0) is 13.2 Å². The Balaban J connectivity index is 1.46. The van der Waals surface area contributed by atoms with Crippen molar-refractivity contribution in [2.24, 2.45) is 0 Å². The maximum Gasteiger partial charge on any atom is 0.323 e. The summed E-state index contributed by atoms with van der Waals surface area (Å²) in [5.74, 6) is 0.820. The second-order valence-corrected chi connectivity index (χ2v) is 6.66. The van der Waals surface area contributed by atoms with E-state index >= 15 is 0 Å². The van der Waals surface area contributed by atoms with Gasteiger partial charge in [0.1, 0.15) is 12.4 Å². The minimum absolute atomic E-state index is 0.207. The number of anilines is 1. The second kappa shape index (κ2) is 7.60. The zero-order chi connectivity index (χ0) is 18.6. The fourth-order valence-corrected chi connectivity index (χ4v) is 3.13. The Labute approximate surface area is 161 Å². The van der Waals surface area contributed by atoms with Gasteiger partial charge >= 0.3 is 5.69 Å². The number of para-hydroxylation sites is 1. The molecular weight excluding hydrogens is 362 g/mol. The highest BCUT2D eigenvalue weighted by Gasteiger charge is 2.05. The molecule has 27 heavy (non-hydrogen) atoms. The van der Waals surface area contributed by atoms with Crippen molar-refractivity contribution >= 4 is 28.3 Å². The van der Waals surface area contributed by atoms with Gasteiger partial charge in [0, 0.05) is 22.8 Å². The molecule has 0 saturated heterocycles. The number of imidazole rings is 1. The van der Waals surface area contributed by atoms with Gasteiger partial charge in [-0.3, -0.25) is 0 Å². The minimum atomic E-state index is -0.207. The van der Waals surface area contributed by atoms with E-state index in [2.05, 4.69) is 15.3 Å². The molecule has 1 heterocycles. The molecular formula is C21H18ClN3O2. The zero-order valence-electron chi connectivity index (χ0n) is 14.5. The number of hydrogen-bond donors (Lipinski definition) is 3. The number of rotatable bonds is 6. The third-order valence-electron chi connectivity index (χ3n) is 4.25. The van der Waals surface area contributed by atoms with E-state index in [1.807, 2.05) is 66.7 Å². The van der Waals surface area contributed by atoms with E-state index in [9.17, 15) is 4.79 Å². The normalized spacial score (nSPS) is 10.9. The van der Waals surface area contributed by atoms with Crippen molar-refractivity contribution in [2.45, 2.75) is 13.2 Å². The first-order valence-corrected chi connectivity index (χ1v) is 8.96. The highest BCUT2D eigenvalue weighted by molar-refractivity contribution is 6.30. The molecule has 0 aliphatic rings. The number of hydrogen-bond acceptors (Lipinski definition) is 3. The van der Waals surface area contributed by atoms with Crippen molar-refractivity contribution in [3.8, 4) is 5.75 Å². The van der Waals surface area contributed by atoms with Crippen LogP contribution >= 0.6 is 11.6 Å². The van der Waals surface area contributed by atoms with E-state index in [1.54, 1.807) is 0 Å². The molecule has 3 aromatic carbocycles. The van der Waals surface area contributed by atoms with Gasteiger partial charge in [-0.05, 0) is 42.0 Å². The zero-order valence-corrected chi connectivity index (χ0v) is 15.2. The van der Waals surface area contributed by atoms with E-state index in [-0.39, 0.29) is 5.69 Å². The van der Waals surface area contributed by atoms with Crippen molar-refractivity contribution in [1.29, 1.82) is 0 Å². The number of ether oxygens (including phenoxy) is 1. The first-order chi connectivity index (χ1) is 13.2. The SMILES string of the molecule is O=c1[nH]c2ccc(NCc3ccccc3OCc3cccc(Cl)c3)cc2[nH]1. The highest BCUT2D eigenvalue weighted by Crippen LogP contribution is 2.22. The molecule has 0 unspecified atom stereocenters. The van der Waals surface area contributed by atoms with Crippen LogP contribution in [0.5, 0.6) is 5.75 Å². The van der Waals surface area contributed by atoms with Gasteiger partial charge in [0.05, 0.1) is 11.0 Å². The standard InChI is InChI=1S/C21H18ClN3O2/c22-16-6-3-4-14(10-16)13-27-20-7-2-1-5-15(20)12-23-17-8-9-18-19(11-17)25-21(26)24-18/h1-11,23H,12-13H2,(H2,24,25,26). The molecule has 0 aliphatic carbocycles. The number of H-pyrrole nitrogens is 2. The maximum atomic E-state index is 11.4. The molecule has 0 atom stereocenters. The summed E-state index contributed by atoms with van der Waals surface area (Å²) in [5, 5.41) is 4.07. The van der Waals surface area contributed by atoms with Crippen molar-refractivity contribution in [1.82, 2.24) is 9.97 Å². The van der Waals surface area contributed by atoms with E-state index < -0.39 is 0 Å². The summed E-state index contributed by atoms with van der Waals surface area (Å²) in [5.41, 5.74) is 4.34. The average Bonchev–Trinajstić information content (AvgIpc) is 3.04. The fourth-order valence-electron chi connectivity index (χ4n) is 2.92. The number of aromatic amines is 2. The van der Waals surface area contributed by atoms with Crippen molar-refractivity contribution in [3.05, 3.63) is 93.4 Å². The van der Waals surface area contributed by atoms with Crippen LogP contribution in [0.1, 0.15) is 11.1 Å². The van der Waals surface area contributed by atoms with Crippen molar-refractivity contribution in [3.63, 3.8) is 0 Å². The molecule has 1 aromatic heterocycles. The molecule has 136 valence electrons. The number of fused-ring (bicyclic) bond motifs is 1. The second-order valence-electron chi connectivity index (χ2n) is 6.22. The molecule has 4 rings (SSSR count). The van der Waals surface area contributed by atoms with E-state index in [0.29, 0.717) is 18.2 Å². The van der Waals surface area contributed by atoms with Crippen molar-refractivity contribution < 1.29 is 4.74 Å². The Kier molecular flexibility index (Phi) is 4.85. The lowest BCUT2D eigenvalue weighted by Crippen LogP contribution is -2.03. The van der Waals surface area contributed by atoms with Gasteiger partial charge in [0.25, 0.3) is 0 Å².